The number of thioether (sulfide) groups is 1. The normalized spacial score (nSPS) is 18.1. The highest BCUT2D eigenvalue weighted by molar-refractivity contribution is 8.00. The van der Waals surface area contributed by atoms with Gasteiger partial charge in [0.2, 0.25) is 5.91 Å². The molecule has 0 bridgehead atoms. The highest BCUT2D eigenvalue weighted by Gasteiger charge is 2.27. The Morgan fingerprint density at radius 1 is 1.43 bits per heavy atom. The van der Waals surface area contributed by atoms with Crippen molar-refractivity contribution in [3.63, 3.8) is 0 Å². The number of carbonyl (C=O) groups is 1. The van der Waals surface area contributed by atoms with E-state index in [0.29, 0.717) is 10.5 Å². The number of rotatable bonds is 4. The molecule has 3 rings (SSSR count). The smallest absolute Gasteiger partial charge is 0.232 e. The van der Waals surface area contributed by atoms with Crippen molar-refractivity contribution in [2.75, 3.05) is 18.8 Å². The van der Waals surface area contributed by atoms with Crippen molar-refractivity contribution in [1.29, 1.82) is 0 Å². The van der Waals surface area contributed by atoms with Gasteiger partial charge in [-0.25, -0.2) is 0 Å². The van der Waals surface area contributed by atoms with E-state index in [1.807, 2.05) is 46.8 Å². The zero-order valence-electron chi connectivity index (χ0n) is 13.1. The summed E-state index contributed by atoms with van der Waals surface area (Å²) in [5, 5.41) is 7.16. The fourth-order valence-corrected chi connectivity index (χ4v) is 3.85. The zero-order chi connectivity index (χ0) is 16.2. The van der Waals surface area contributed by atoms with Crippen molar-refractivity contribution in [1.82, 2.24) is 19.7 Å². The average molecular weight is 348 g/mol. The van der Waals surface area contributed by atoms with E-state index >= 15 is 0 Å². The van der Waals surface area contributed by atoms with Gasteiger partial charge in [0.15, 0.2) is 4.77 Å². The number of aromatic amines is 1. The van der Waals surface area contributed by atoms with E-state index in [1.54, 1.807) is 11.8 Å². The van der Waals surface area contributed by atoms with Gasteiger partial charge in [0.25, 0.3) is 0 Å². The van der Waals surface area contributed by atoms with Gasteiger partial charge in [0.05, 0.1) is 5.75 Å². The van der Waals surface area contributed by atoms with Crippen LogP contribution < -0.4 is 0 Å². The quantitative estimate of drug-likeness (QED) is 0.682. The maximum atomic E-state index is 12.5. The van der Waals surface area contributed by atoms with Crippen LogP contribution in [0.25, 0.3) is 0 Å². The summed E-state index contributed by atoms with van der Waals surface area (Å²) in [4.78, 5) is 15.6. The summed E-state index contributed by atoms with van der Waals surface area (Å²) in [5.74, 6) is 1.88. The predicted octanol–water partition coefficient (Wildman–Crippen LogP) is 2.98. The van der Waals surface area contributed by atoms with Crippen LogP contribution in [0.3, 0.4) is 0 Å². The van der Waals surface area contributed by atoms with Crippen LogP contribution in [0.15, 0.2) is 35.2 Å². The molecule has 1 aliphatic heterocycles. The van der Waals surface area contributed by atoms with E-state index in [1.165, 1.54) is 0 Å². The molecule has 23 heavy (non-hydrogen) atoms. The SMILES string of the molecule is Cn1c([C@H]2CCCN(C(=O)CSc3ccccc3)C2)n[nH]c1=S. The van der Waals surface area contributed by atoms with Gasteiger partial charge in [-0.15, -0.1) is 11.8 Å². The number of H-pyrrole nitrogens is 1. The molecule has 0 unspecified atom stereocenters. The van der Waals surface area contributed by atoms with Gasteiger partial charge < -0.3 is 9.47 Å². The van der Waals surface area contributed by atoms with Crippen molar-refractivity contribution in [2.24, 2.45) is 7.05 Å². The van der Waals surface area contributed by atoms with E-state index in [-0.39, 0.29) is 11.8 Å². The fraction of sp³-hybridized carbons (Fsp3) is 0.438. The summed E-state index contributed by atoms with van der Waals surface area (Å²) in [6, 6.07) is 10.0. The van der Waals surface area contributed by atoms with E-state index in [2.05, 4.69) is 10.2 Å². The first kappa shape index (κ1) is 16.3. The van der Waals surface area contributed by atoms with Crippen LogP contribution >= 0.6 is 24.0 Å². The minimum absolute atomic E-state index is 0.195. The lowest BCUT2D eigenvalue weighted by Gasteiger charge is -2.32. The van der Waals surface area contributed by atoms with E-state index in [9.17, 15) is 4.79 Å². The molecule has 1 amide bonds. The number of nitrogens with zero attached hydrogens (tertiary/aromatic N) is 3. The molecule has 0 saturated carbocycles. The molecule has 5 nitrogen and oxygen atoms in total. The lowest BCUT2D eigenvalue weighted by molar-refractivity contribution is -0.129. The van der Waals surface area contributed by atoms with Crippen molar-refractivity contribution in [3.05, 3.63) is 40.9 Å². The third-order valence-electron chi connectivity index (χ3n) is 4.16. The molecule has 1 atom stereocenters. The number of carbonyl (C=O) groups excluding carboxylic acids is 1. The summed E-state index contributed by atoms with van der Waals surface area (Å²) in [5.41, 5.74) is 0. The molecular weight excluding hydrogens is 328 g/mol. The third-order valence-corrected chi connectivity index (χ3v) is 5.52. The molecule has 1 aromatic heterocycles. The molecule has 0 radical (unpaired) electrons. The largest absolute Gasteiger partial charge is 0.341 e. The molecular formula is C16H20N4OS2. The first-order valence-electron chi connectivity index (χ1n) is 7.72. The Morgan fingerprint density at radius 2 is 2.22 bits per heavy atom. The molecule has 0 aliphatic carbocycles. The molecule has 1 N–H and O–H groups in total. The Hall–Kier alpha value is -1.60. The molecule has 1 aromatic carbocycles. The predicted molar refractivity (Wildman–Crippen MR) is 94.1 cm³/mol. The Labute approximate surface area is 145 Å². The van der Waals surface area contributed by atoms with Crippen LogP contribution in [0.5, 0.6) is 0 Å². The average Bonchev–Trinajstić information content (AvgIpc) is 2.93. The standard InChI is InChI=1S/C16H20N4OS2/c1-19-15(17-18-16(19)22)12-6-5-9-20(10-12)14(21)11-23-13-7-3-2-4-8-13/h2-4,7-8,12H,5-6,9-11H2,1H3,(H,18,22)/t12-/m0/s1. The van der Waals surface area contributed by atoms with Crippen LogP contribution in [0, 0.1) is 4.77 Å². The number of piperidine rings is 1. The maximum absolute atomic E-state index is 12.5. The van der Waals surface area contributed by atoms with Gasteiger partial charge >= 0.3 is 0 Å². The van der Waals surface area contributed by atoms with Gasteiger partial charge in [0, 0.05) is 31.0 Å². The second kappa shape index (κ2) is 7.31. The van der Waals surface area contributed by atoms with Gasteiger partial charge in [0.1, 0.15) is 5.82 Å². The monoisotopic (exact) mass is 348 g/mol. The van der Waals surface area contributed by atoms with Gasteiger partial charge in [-0.05, 0) is 37.2 Å². The number of amides is 1. The Bertz CT molecular complexity index is 725. The molecule has 2 heterocycles. The first-order chi connectivity index (χ1) is 11.1. The summed E-state index contributed by atoms with van der Waals surface area (Å²) >= 11 is 6.77. The zero-order valence-corrected chi connectivity index (χ0v) is 14.7. The second-order valence-electron chi connectivity index (χ2n) is 5.73. The lowest BCUT2D eigenvalue weighted by Crippen LogP contribution is -2.40. The minimum Gasteiger partial charge on any atom is -0.341 e. The van der Waals surface area contributed by atoms with E-state index in [4.69, 9.17) is 12.2 Å². The summed E-state index contributed by atoms with van der Waals surface area (Å²) in [6.07, 6.45) is 2.05. The topological polar surface area (TPSA) is 53.9 Å². The van der Waals surface area contributed by atoms with Crippen molar-refractivity contribution < 1.29 is 4.79 Å². The first-order valence-corrected chi connectivity index (χ1v) is 9.11. The van der Waals surface area contributed by atoms with Crippen LogP contribution in [0.4, 0.5) is 0 Å². The molecule has 1 aliphatic rings. The van der Waals surface area contributed by atoms with E-state index < -0.39 is 0 Å². The second-order valence-corrected chi connectivity index (χ2v) is 7.16. The number of hydrogen-bond acceptors (Lipinski definition) is 4. The third kappa shape index (κ3) is 3.84. The highest BCUT2D eigenvalue weighted by atomic mass is 32.2. The molecule has 7 heteroatoms. The summed E-state index contributed by atoms with van der Waals surface area (Å²) < 4.78 is 2.54. The maximum Gasteiger partial charge on any atom is 0.232 e. The summed E-state index contributed by atoms with van der Waals surface area (Å²) in [6.45, 7) is 1.56. The highest BCUT2D eigenvalue weighted by Crippen LogP contribution is 2.26. The Balaban J connectivity index is 1.60. The van der Waals surface area contributed by atoms with Crippen LogP contribution in [0.1, 0.15) is 24.6 Å². The van der Waals surface area contributed by atoms with Crippen LogP contribution in [-0.2, 0) is 11.8 Å². The van der Waals surface area contributed by atoms with Crippen LogP contribution in [-0.4, -0.2) is 44.4 Å². The minimum atomic E-state index is 0.195. The van der Waals surface area contributed by atoms with Crippen molar-refractivity contribution in [2.45, 2.75) is 23.7 Å². The molecule has 1 saturated heterocycles. The van der Waals surface area contributed by atoms with Crippen molar-refractivity contribution >= 4 is 29.9 Å². The summed E-state index contributed by atoms with van der Waals surface area (Å²) in [7, 11) is 1.92. The molecule has 122 valence electrons. The lowest BCUT2D eigenvalue weighted by atomic mass is 9.97. The van der Waals surface area contributed by atoms with Gasteiger partial charge in [-0.1, -0.05) is 18.2 Å². The number of likely N-dealkylation sites (tertiary alicyclic amines) is 1. The number of benzene rings is 1. The Morgan fingerprint density at radius 3 is 2.91 bits per heavy atom. The van der Waals surface area contributed by atoms with Crippen LogP contribution in [0.2, 0.25) is 0 Å². The fourth-order valence-electron chi connectivity index (χ4n) is 2.89. The number of hydrogen-bond donors (Lipinski definition) is 1. The molecule has 2 aromatic rings. The van der Waals surface area contributed by atoms with Gasteiger partial charge in [-0.2, -0.15) is 5.10 Å². The molecule has 0 spiro atoms. The number of nitrogens with one attached hydrogen (secondary N) is 1. The Kier molecular flexibility index (Phi) is 5.17. The van der Waals surface area contributed by atoms with Crippen molar-refractivity contribution in [3.8, 4) is 0 Å². The van der Waals surface area contributed by atoms with E-state index in [0.717, 1.165) is 36.7 Å². The molecule has 1 fully saturated rings. The number of aromatic nitrogens is 3. The van der Waals surface area contributed by atoms with Gasteiger partial charge in [-0.3, -0.25) is 9.89 Å².